The van der Waals surface area contributed by atoms with Crippen molar-refractivity contribution in [3.05, 3.63) is 262 Å². The summed E-state index contributed by atoms with van der Waals surface area (Å²) in [6, 6.07) is 18.3. The summed E-state index contributed by atoms with van der Waals surface area (Å²) in [6.45, 7) is 0.822. The molecule has 0 radical (unpaired) electrons. The molecule has 16 aromatic rings. The lowest BCUT2D eigenvalue weighted by molar-refractivity contribution is -0.116. The van der Waals surface area contributed by atoms with Gasteiger partial charge in [0.05, 0.1) is 214 Å². The number of rotatable bonds is 20. The number of hydrogen-bond acceptors (Lipinski definition) is 28. The summed E-state index contributed by atoms with van der Waals surface area (Å²) in [4.78, 5) is 230. The first kappa shape index (κ1) is 73.1. The van der Waals surface area contributed by atoms with Gasteiger partial charge in [-0.25, -0.2) is 0 Å². The zero-order chi connectivity index (χ0) is 80.6. The first-order valence-corrected chi connectivity index (χ1v) is 35.4. The smallest absolute Gasteiger partial charge is 0.264 e. The van der Waals surface area contributed by atoms with Gasteiger partial charge in [0.25, 0.3) is 44.5 Å². The second-order valence-electron chi connectivity index (χ2n) is 29.0. The molecule has 568 valence electrons. The molecule has 16 N–H and O–H groups in total. The molecule has 0 aliphatic rings. The van der Waals surface area contributed by atoms with Crippen molar-refractivity contribution in [3.8, 4) is 0 Å². The van der Waals surface area contributed by atoms with Crippen molar-refractivity contribution in [2.45, 2.75) is 51.9 Å². The fourth-order valence-electron chi connectivity index (χ4n) is 16.7. The summed E-state index contributed by atoms with van der Waals surface area (Å²) in [5.74, 6) is 0. The number of fused-ring (bicyclic) bond motifs is 12. The Labute approximate surface area is 626 Å². The van der Waals surface area contributed by atoms with Crippen molar-refractivity contribution >= 4 is 175 Å². The van der Waals surface area contributed by atoms with Crippen molar-refractivity contribution in [3.63, 3.8) is 0 Å². The van der Waals surface area contributed by atoms with Crippen LogP contribution in [0.2, 0.25) is 0 Å². The Hall–Kier alpha value is -14.1. The molecular weight excluding hydrogens is 1460 g/mol. The van der Waals surface area contributed by atoms with Crippen LogP contribution in [-0.4, -0.2) is 71.1 Å². The highest BCUT2D eigenvalue weighted by Gasteiger charge is 2.38. The van der Waals surface area contributed by atoms with Gasteiger partial charge in [0.1, 0.15) is 0 Å². The van der Waals surface area contributed by atoms with Gasteiger partial charge in [-0.3, -0.25) is 95.0 Å². The van der Waals surface area contributed by atoms with E-state index in [0.717, 1.165) is 18.3 Å². The lowest BCUT2D eigenvalue weighted by atomic mass is 9.92. The van der Waals surface area contributed by atoms with Crippen LogP contribution in [0.15, 0.2) is 174 Å². The third-order valence-corrected chi connectivity index (χ3v) is 22.1. The van der Waals surface area contributed by atoms with E-state index in [1.807, 2.05) is 0 Å². The van der Waals surface area contributed by atoms with E-state index < -0.39 is 259 Å². The molecule has 4 heterocycles. The predicted molar refractivity (Wildman–Crippen MR) is 437 cm³/mol. The number of anilines is 8. The average Bonchev–Trinajstić information content (AvgIpc) is 1.59. The highest BCUT2D eigenvalue weighted by atomic mass is 16.5. The molecule has 32 heteroatoms. The molecule has 4 unspecified atom stereocenters. The van der Waals surface area contributed by atoms with Crippen molar-refractivity contribution in [2.75, 3.05) is 98.7 Å². The standard InChI is InChI=1S/C81H64N12O20/c1-29(90-73(102)49-50(74(90)103)58(83)42-41(57(49)82)65(94)33-13-5-6-14-34(33)66(42)95)21-110-25-81(26-111-22-30(2)91-75(104)51-52(76(91)105)60(85)44-43(59(51)84)67(96)35-15-7-8-16-36(35)68(44)97,27-112-23-31(3)92-77(106)53-54(78(92)107)62(87)46-45(61(53)86)69(98)37-17-9-10-18-38(37)70(46)99)28-113-24-32(4)93-79(108)55-56(80(93)109)64(89)48-47(63(55)88)71(100)39-19-11-12-20-40(39)72(48)101/h5-20,29-32H,21-28,82-89H2,1-4H3. The molecular formula is C81H64N12O20. The minimum absolute atomic E-state index is 0.0190. The summed E-state index contributed by atoms with van der Waals surface area (Å²) in [7, 11) is 0. The second-order valence-corrected chi connectivity index (χ2v) is 29.0. The molecule has 0 spiro atoms. The lowest BCUT2D eigenvalue weighted by Gasteiger charge is -2.34. The van der Waals surface area contributed by atoms with Gasteiger partial charge in [-0.1, -0.05) is 97.1 Å². The van der Waals surface area contributed by atoms with E-state index in [1.54, 1.807) is 0 Å². The average molecular weight is 1530 g/mol. The highest BCUT2D eigenvalue weighted by molar-refractivity contribution is 6.24. The first-order chi connectivity index (χ1) is 53.8. The monoisotopic (exact) mass is 1520 g/mol. The van der Waals surface area contributed by atoms with Crippen molar-refractivity contribution in [2.24, 2.45) is 5.41 Å². The van der Waals surface area contributed by atoms with E-state index in [-0.39, 0.29) is 86.2 Å². The number of nitrogens with zero attached hydrogens (tertiary/aromatic N) is 4. The first-order valence-electron chi connectivity index (χ1n) is 35.4. The van der Waals surface area contributed by atoms with Crippen LogP contribution in [0.25, 0.3) is 129 Å². The fourth-order valence-corrected chi connectivity index (χ4v) is 16.7. The summed E-state index contributed by atoms with van der Waals surface area (Å²) >= 11 is 0. The zero-order valence-electron chi connectivity index (χ0n) is 60.3. The molecule has 4 atom stereocenters. The molecule has 0 saturated carbocycles. The number of aromatic nitrogens is 4. The molecule has 32 nitrogen and oxygen atoms in total. The quantitative estimate of drug-likeness (QED) is 0.0307. The Bertz CT molecular complexity index is 6650. The minimum Gasteiger partial charge on any atom is -0.397 e. The maximum Gasteiger partial charge on any atom is 0.264 e. The van der Waals surface area contributed by atoms with Crippen LogP contribution in [0.1, 0.15) is 51.9 Å². The molecule has 0 saturated heterocycles. The summed E-state index contributed by atoms with van der Waals surface area (Å²) in [5, 5.41) is -6.82. The SMILES string of the molecule is CC(COCC(COCC(C)n1c(=O)c2c(N)c3c(=O)c4ccccc4c(=O)c3c(N)c2c1=O)(COCC(C)n1c(=O)c2c(N)c3c(=O)c4ccccc4c(=O)c3c(N)c2c1=O)COCC(C)n1c(=O)c2c(N)c3c(=O)c4ccccc4c(=O)c3c(N)c2c1=O)n1c(=O)c2c(N)c3c(=O)c4ccccc4c(=O)c3c(N)c2c1=O. The number of ether oxygens (including phenoxy) is 4. The largest absolute Gasteiger partial charge is 0.397 e. The molecule has 0 bridgehead atoms. The molecule has 113 heavy (non-hydrogen) atoms. The van der Waals surface area contributed by atoms with E-state index in [2.05, 4.69) is 0 Å². The van der Waals surface area contributed by atoms with Crippen LogP contribution in [-0.2, 0) is 18.9 Å². The van der Waals surface area contributed by atoms with Gasteiger partial charge in [0.2, 0.25) is 0 Å². The molecule has 16 rings (SSSR count). The third kappa shape index (κ3) is 10.2. The predicted octanol–water partition coefficient (Wildman–Crippen LogP) is 2.05. The third-order valence-electron chi connectivity index (χ3n) is 22.1. The number of benzene rings is 12. The number of nitrogens with two attached hydrogens (primary N) is 8. The van der Waals surface area contributed by atoms with E-state index in [9.17, 15) is 76.7 Å². The topological polar surface area (TPSA) is 538 Å². The van der Waals surface area contributed by atoms with Gasteiger partial charge in [0.15, 0.2) is 43.4 Å². The van der Waals surface area contributed by atoms with Gasteiger partial charge < -0.3 is 64.8 Å². The summed E-state index contributed by atoms with van der Waals surface area (Å²) in [6.07, 6.45) is 0. The van der Waals surface area contributed by atoms with Crippen molar-refractivity contribution in [1.82, 2.24) is 18.3 Å². The van der Waals surface area contributed by atoms with Crippen LogP contribution in [0.5, 0.6) is 0 Å². The molecule has 0 aliphatic heterocycles. The van der Waals surface area contributed by atoms with Crippen LogP contribution in [0.4, 0.5) is 45.5 Å². The maximum absolute atomic E-state index is 14.7. The molecule has 0 aliphatic carbocycles. The summed E-state index contributed by atoms with van der Waals surface area (Å²) in [5.41, 5.74) is 33.2. The highest BCUT2D eigenvalue weighted by Crippen LogP contribution is 2.38. The molecule has 0 amide bonds. The Kier molecular flexibility index (Phi) is 16.8. The molecule has 12 aromatic carbocycles. The Morgan fingerprint density at radius 3 is 0.478 bits per heavy atom. The van der Waals surface area contributed by atoms with Gasteiger partial charge >= 0.3 is 0 Å². The lowest BCUT2D eigenvalue weighted by Crippen LogP contribution is -2.44. The van der Waals surface area contributed by atoms with Gasteiger partial charge in [0, 0.05) is 43.1 Å². The fraction of sp³-hybridized carbons (Fsp3) is 0.210. The van der Waals surface area contributed by atoms with E-state index >= 15 is 0 Å². The second kappa shape index (κ2) is 26.0. The normalized spacial score (nSPS) is 14.0. The maximum atomic E-state index is 14.7. The van der Waals surface area contributed by atoms with Crippen LogP contribution < -0.4 is 134 Å². The van der Waals surface area contributed by atoms with Gasteiger partial charge in [-0.05, 0) is 27.7 Å². The van der Waals surface area contributed by atoms with E-state index in [0.29, 0.717) is 0 Å². The van der Waals surface area contributed by atoms with Crippen molar-refractivity contribution < 1.29 is 18.9 Å². The summed E-state index contributed by atoms with van der Waals surface area (Å²) < 4.78 is 29.0. The molecule has 0 fully saturated rings. The van der Waals surface area contributed by atoms with E-state index in [1.165, 1.54) is 125 Å². The number of nitrogen functional groups attached to an aromatic ring is 8. The number of hydrogen-bond donors (Lipinski definition) is 8. The zero-order valence-corrected chi connectivity index (χ0v) is 60.3. The Morgan fingerprint density at radius 2 is 0.354 bits per heavy atom. The van der Waals surface area contributed by atoms with E-state index in [4.69, 9.17) is 64.8 Å². The van der Waals surface area contributed by atoms with Crippen LogP contribution in [0.3, 0.4) is 0 Å². The van der Waals surface area contributed by atoms with Gasteiger partial charge in [-0.2, -0.15) is 0 Å². The van der Waals surface area contributed by atoms with Crippen LogP contribution >= 0.6 is 0 Å². The van der Waals surface area contributed by atoms with Crippen LogP contribution in [0, 0.1) is 5.41 Å². The Morgan fingerprint density at radius 1 is 0.230 bits per heavy atom. The minimum atomic E-state index is -1.81. The Balaban J connectivity index is 0.794. The van der Waals surface area contributed by atoms with Crippen molar-refractivity contribution in [1.29, 1.82) is 0 Å². The molecule has 4 aromatic heterocycles. The van der Waals surface area contributed by atoms with Gasteiger partial charge in [-0.15, -0.1) is 0 Å².